The molecular weight excluding hydrogens is 470 g/mol. The maximum absolute atomic E-state index is 13.8. The van der Waals surface area contributed by atoms with E-state index in [0.717, 1.165) is 22.3 Å². The minimum Gasteiger partial charge on any atom is -0.495 e. The SMILES string of the molecule is COc1ccc(C)cc1NC(=O)Cn1c2c(c(=O)n1-c1ccc(C)cc1C)Cc1cccc(OC)c1O2. The fourth-order valence-corrected chi connectivity index (χ4v) is 4.78. The number of rotatable bonds is 6. The molecule has 0 saturated heterocycles. The molecule has 4 aromatic rings. The molecule has 8 heteroatoms. The number of hydrogen-bond donors (Lipinski definition) is 1. The van der Waals surface area contributed by atoms with E-state index in [-0.39, 0.29) is 18.0 Å². The Morgan fingerprint density at radius 1 is 0.973 bits per heavy atom. The number of para-hydroxylation sites is 1. The third-order valence-corrected chi connectivity index (χ3v) is 6.53. The summed E-state index contributed by atoms with van der Waals surface area (Å²) in [6.45, 7) is 5.73. The van der Waals surface area contributed by atoms with E-state index in [4.69, 9.17) is 14.2 Å². The monoisotopic (exact) mass is 499 g/mol. The van der Waals surface area contributed by atoms with Gasteiger partial charge in [0, 0.05) is 12.0 Å². The van der Waals surface area contributed by atoms with Gasteiger partial charge in [-0.05, 0) is 56.2 Å². The second-order valence-electron chi connectivity index (χ2n) is 9.23. The lowest BCUT2D eigenvalue weighted by molar-refractivity contribution is -0.117. The van der Waals surface area contributed by atoms with Crippen molar-refractivity contribution in [3.8, 4) is 28.8 Å². The van der Waals surface area contributed by atoms with Gasteiger partial charge in [0.1, 0.15) is 12.3 Å². The predicted octanol–water partition coefficient (Wildman–Crippen LogP) is 4.92. The number of carbonyl (C=O) groups excluding carboxylic acids is 1. The van der Waals surface area contributed by atoms with Gasteiger partial charge in [-0.25, -0.2) is 9.36 Å². The van der Waals surface area contributed by atoms with Crippen LogP contribution in [0.15, 0.2) is 59.4 Å². The van der Waals surface area contributed by atoms with Crippen molar-refractivity contribution in [2.24, 2.45) is 0 Å². The summed E-state index contributed by atoms with van der Waals surface area (Å²) in [5.74, 6) is 1.67. The molecule has 0 aliphatic carbocycles. The standard InChI is InChI=1S/C29H29N3O5/c1-17-9-11-23(19(3)13-17)32-28(34)21-15-20-7-6-8-25(36-5)27(20)37-29(21)31(32)16-26(33)30-22-14-18(2)10-12-24(22)35-4/h6-14H,15-16H2,1-5H3,(H,30,33). The first-order valence-electron chi connectivity index (χ1n) is 12.0. The van der Waals surface area contributed by atoms with Crippen molar-refractivity contribution < 1.29 is 19.0 Å². The van der Waals surface area contributed by atoms with Gasteiger partial charge in [0.05, 0.1) is 31.2 Å². The molecular formula is C29H29N3O5. The molecule has 0 radical (unpaired) electrons. The highest BCUT2D eigenvalue weighted by atomic mass is 16.5. The van der Waals surface area contributed by atoms with Crippen LogP contribution >= 0.6 is 0 Å². The summed E-state index contributed by atoms with van der Waals surface area (Å²) in [5.41, 5.74) is 5.32. The van der Waals surface area contributed by atoms with Crippen LogP contribution in [0.4, 0.5) is 5.69 Å². The van der Waals surface area contributed by atoms with Crippen LogP contribution in [0.5, 0.6) is 23.1 Å². The van der Waals surface area contributed by atoms with E-state index in [0.29, 0.717) is 46.5 Å². The van der Waals surface area contributed by atoms with Crippen molar-refractivity contribution in [1.82, 2.24) is 9.36 Å². The van der Waals surface area contributed by atoms with Gasteiger partial charge in [-0.3, -0.25) is 9.59 Å². The first-order valence-corrected chi connectivity index (χ1v) is 12.0. The largest absolute Gasteiger partial charge is 0.495 e. The van der Waals surface area contributed by atoms with Crippen molar-refractivity contribution >= 4 is 11.6 Å². The zero-order valence-corrected chi connectivity index (χ0v) is 21.5. The van der Waals surface area contributed by atoms with E-state index < -0.39 is 0 Å². The van der Waals surface area contributed by atoms with Crippen molar-refractivity contribution in [2.45, 2.75) is 33.7 Å². The number of amides is 1. The van der Waals surface area contributed by atoms with Crippen molar-refractivity contribution in [3.05, 3.63) is 92.8 Å². The van der Waals surface area contributed by atoms with Gasteiger partial charge < -0.3 is 19.5 Å². The van der Waals surface area contributed by atoms with Gasteiger partial charge in [-0.15, -0.1) is 0 Å². The Kier molecular flexibility index (Phi) is 6.25. The number of carbonyl (C=O) groups is 1. The van der Waals surface area contributed by atoms with E-state index in [1.165, 1.54) is 4.68 Å². The maximum atomic E-state index is 13.8. The molecule has 8 nitrogen and oxygen atoms in total. The topological polar surface area (TPSA) is 83.7 Å². The first-order chi connectivity index (χ1) is 17.8. The summed E-state index contributed by atoms with van der Waals surface area (Å²) < 4.78 is 20.4. The number of nitrogens with one attached hydrogen (secondary N) is 1. The van der Waals surface area contributed by atoms with Crippen molar-refractivity contribution in [1.29, 1.82) is 0 Å². The molecule has 0 bridgehead atoms. The highest BCUT2D eigenvalue weighted by Crippen LogP contribution is 2.42. The van der Waals surface area contributed by atoms with Crippen molar-refractivity contribution in [2.75, 3.05) is 19.5 Å². The second kappa shape index (κ2) is 9.54. The third kappa shape index (κ3) is 4.35. The lowest BCUT2D eigenvalue weighted by Crippen LogP contribution is -2.28. The number of anilines is 1. The average Bonchev–Trinajstić information content (AvgIpc) is 3.12. The molecule has 2 heterocycles. The molecule has 0 fully saturated rings. The van der Waals surface area contributed by atoms with Gasteiger partial charge in [0.25, 0.3) is 5.56 Å². The van der Waals surface area contributed by atoms with Crippen LogP contribution in [-0.2, 0) is 17.8 Å². The third-order valence-electron chi connectivity index (χ3n) is 6.53. The Bertz CT molecular complexity index is 1580. The van der Waals surface area contributed by atoms with Crippen LogP contribution in [0.3, 0.4) is 0 Å². The highest BCUT2D eigenvalue weighted by Gasteiger charge is 2.31. The molecule has 5 rings (SSSR count). The molecule has 1 aliphatic heterocycles. The summed E-state index contributed by atoms with van der Waals surface area (Å²) in [6, 6.07) is 17.0. The van der Waals surface area contributed by atoms with E-state index in [1.807, 2.05) is 69.3 Å². The smallest absolute Gasteiger partial charge is 0.278 e. The van der Waals surface area contributed by atoms with Crippen LogP contribution in [0.25, 0.3) is 5.69 Å². The molecule has 1 aromatic heterocycles. The molecule has 190 valence electrons. The van der Waals surface area contributed by atoms with Gasteiger partial charge in [0.2, 0.25) is 11.8 Å². The number of benzene rings is 3. The summed E-state index contributed by atoms with van der Waals surface area (Å²) >= 11 is 0. The highest BCUT2D eigenvalue weighted by molar-refractivity contribution is 5.92. The molecule has 37 heavy (non-hydrogen) atoms. The molecule has 0 atom stereocenters. The van der Waals surface area contributed by atoms with Crippen LogP contribution in [0, 0.1) is 20.8 Å². The number of methoxy groups -OCH3 is 2. The van der Waals surface area contributed by atoms with Crippen LogP contribution in [0.2, 0.25) is 0 Å². The van der Waals surface area contributed by atoms with Gasteiger partial charge in [-0.1, -0.05) is 35.9 Å². The minimum atomic E-state index is -0.324. The van der Waals surface area contributed by atoms with E-state index in [1.54, 1.807) is 25.0 Å². The van der Waals surface area contributed by atoms with Gasteiger partial charge >= 0.3 is 0 Å². The molecule has 1 aliphatic rings. The molecule has 0 saturated carbocycles. The lowest BCUT2D eigenvalue weighted by Gasteiger charge is -2.21. The second-order valence-corrected chi connectivity index (χ2v) is 9.23. The van der Waals surface area contributed by atoms with Crippen LogP contribution in [0.1, 0.15) is 27.8 Å². The average molecular weight is 500 g/mol. The van der Waals surface area contributed by atoms with E-state index in [9.17, 15) is 9.59 Å². The summed E-state index contributed by atoms with van der Waals surface area (Å²) in [7, 11) is 3.13. The number of fused-ring (bicyclic) bond motifs is 2. The molecule has 3 aromatic carbocycles. The molecule has 1 N–H and O–H groups in total. The summed E-state index contributed by atoms with van der Waals surface area (Å²) in [5, 5.41) is 2.93. The van der Waals surface area contributed by atoms with E-state index in [2.05, 4.69) is 5.32 Å². The van der Waals surface area contributed by atoms with Gasteiger partial charge in [-0.2, -0.15) is 0 Å². The summed E-state index contributed by atoms with van der Waals surface area (Å²) in [6.07, 6.45) is 0.367. The lowest BCUT2D eigenvalue weighted by atomic mass is 10.0. The zero-order valence-electron chi connectivity index (χ0n) is 21.5. The molecule has 0 spiro atoms. The number of aryl methyl sites for hydroxylation is 3. The normalized spacial score (nSPS) is 11.8. The van der Waals surface area contributed by atoms with Crippen LogP contribution < -0.4 is 25.1 Å². The molecule has 1 amide bonds. The minimum absolute atomic E-state index is 0.153. The summed E-state index contributed by atoms with van der Waals surface area (Å²) in [4.78, 5) is 27.2. The fourth-order valence-electron chi connectivity index (χ4n) is 4.78. The predicted molar refractivity (Wildman–Crippen MR) is 142 cm³/mol. The fraction of sp³-hybridized carbons (Fsp3) is 0.241. The number of hydrogen-bond acceptors (Lipinski definition) is 5. The quantitative estimate of drug-likeness (QED) is 0.359. The van der Waals surface area contributed by atoms with Crippen LogP contribution in [-0.4, -0.2) is 29.5 Å². The zero-order chi connectivity index (χ0) is 26.3. The number of nitrogens with zero attached hydrogens (tertiary/aromatic N) is 2. The Labute approximate surface area is 215 Å². The Balaban J connectivity index is 1.62. The van der Waals surface area contributed by atoms with Gasteiger partial charge in [0.15, 0.2) is 11.5 Å². The maximum Gasteiger partial charge on any atom is 0.278 e. The first kappa shape index (κ1) is 24.2. The van der Waals surface area contributed by atoms with E-state index >= 15 is 0 Å². The number of ether oxygens (including phenoxy) is 3. The molecule has 0 unspecified atom stereocenters. The Hall–Kier alpha value is -4.46. The Morgan fingerprint density at radius 2 is 1.70 bits per heavy atom. The van der Waals surface area contributed by atoms with Crippen molar-refractivity contribution in [3.63, 3.8) is 0 Å². The number of aromatic nitrogens is 2. The Morgan fingerprint density at radius 3 is 2.43 bits per heavy atom.